The van der Waals surface area contributed by atoms with Crippen molar-refractivity contribution in [1.82, 2.24) is 4.90 Å². The number of benzene rings is 1. The normalized spacial score (nSPS) is 24.5. The van der Waals surface area contributed by atoms with Gasteiger partial charge in [0, 0.05) is 13.1 Å². The highest BCUT2D eigenvalue weighted by Gasteiger charge is 2.43. The minimum Gasteiger partial charge on any atom is -0.341 e. The van der Waals surface area contributed by atoms with Gasteiger partial charge in [-0.2, -0.15) is 0 Å². The highest BCUT2D eigenvalue weighted by atomic mass is 16.2. The second kappa shape index (κ2) is 5.19. The Labute approximate surface area is 120 Å². The lowest BCUT2D eigenvalue weighted by Crippen LogP contribution is -2.58. The molecule has 1 atom stereocenters. The number of fused-ring (bicyclic) bond motifs is 1. The summed E-state index contributed by atoms with van der Waals surface area (Å²) >= 11 is 0. The van der Waals surface area contributed by atoms with Crippen LogP contribution in [0.4, 0.5) is 0 Å². The van der Waals surface area contributed by atoms with E-state index >= 15 is 0 Å². The van der Waals surface area contributed by atoms with Crippen LogP contribution in [0.15, 0.2) is 24.3 Å². The fraction of sp³-hybridized carbons (Fsp3) is 0.562. The maximum atomic E-state index is 12.8. The third kappa shape index (κ3) is 2.34. The Morgan fingerprint density at radius 1 is 1.30 bits per heavy atom. The number of carbonyl (C=O) groups excluding carboxylic acids is 1. The fourth-order valence-electron chi connectivity index (χ4n) is 3.55. The average Bonchev–Trinajstić information content (AvgIpc) is 2.84. The van der Waals surface area contributed by atoms with Gasteiger partial charge < -0.3 is 16.4 Å². The fourth-order valence-corrected chi connectivity index (χ4v) is 3.55. The third-order valence-corrected chi connectivity index (χ3v) is 4.70. The number of hydrogen-bond donors (Lipinski definition) is 2. The molecule has 4 heteroatoms. The third-order valence-electron chi connectivity index (χ3n) is 4.70. The smallest absolute Gasteiger partial charge is 0.243 e. The van der Waals surface area contributed by atoms with Gasteiger partial charge in [-0.05, 0) is 49.3 Å². The molecule has 0 unspecified atom stereocenters. The molecule has 4 N–H and O–H groups in total. The minimum atomic E-state index is -0.750. The zero-order valence-electron chi connectivity index (χ0n) is 11.8. The number of amides is 1. The van der Waals surface area contributed by atoms with Gasteiger partial charge in [0.25, 0.3) is 0 Å². The van der Waals surface area contributed by atoms with Crippen LogP contribution < -0.4 is 11.5 Å². The zero-order valence-corrected chi connectivity index (χ0v) is 11.8. The van der Waals surface area contributed by atoms with E-state index < -0.39 is 5.54 Å². The monoisotopic (exact) mass is 273 g/mol. The van der Waals surface area contributed by atoms with Gasteiger partial charge in [-0.15, -0.1) is 0 Å². The molecular formula is C16H23N3O. The van der Waals surface area contributed by atoms with Gasteiger partial charge in [-0.1, -0.05) is 24.3 Å². The molecule has 0 bridgehead atoms. The zero-order chi connectivity index (χ0) is 14.2. The van der Waals surface area contributed by atoms with E-state index in [-0.39, 0.29) is 5.91 Å². The Kier molecular flexibility index (Phi) is 3.52. The summed E-state index contributed by atoms with van der Waals surface area (Å²) in [5.41, 5.74) is 13.9. The molecule has 4 nitrogen and oxygen atoms in total. The van der Waals surface area contributed by atoms with Crippen molar-refractivity contribution in [2.75, 3.05) is 19.6 Å². The molecule has 1 aliphatic carbocycles. The average molecular weight is 273 g/mol. The lowest BCUT2D eigenvalue weighted by molar-refractivity contribution is -0.138. The number of hydrogen-bond acceptors (Lipinski definition) is 3. The van der Waals surface area contributed by atoms with Crippen LogP contribution >= 0.6 is 0 Å². The summed E-state index contributed by atoms with van der Waals surface area (Å²) < 4.78 is 0. The summed E-state index contributed by atoms with van der Waals surface area (Å²) in [6.45, 7) is 2.25. The second-order valence-corrected chi connectivity index (χ2v) is 6.27. The Morgan fingerprint density at radius 2 is 1.95 bits per heavy atom. The van der Waals surface area contributed by atoms with E-state index in [0.29, 0.717) is 25.3 Å². The first-order valence-electron chi connectivity index (χ1n) is 7.47. The minimum absolute atomic E-state index is 0.104. The van der Waals surface area contributed by atoms with E-state index in [1.807, 2.05) is 17.0 Å². The number of nitrogens with zero attached hydrogens (tertiary/aromatic N) is 1. The highest BCUT2D eigenvalue weighted by molar-refractivity contribution is 5.88. The predicted octanol–water partition coefficient (Wildman–Crippen LogP) is 0.680. The molecule has 108 valence electrons. The summed E-state index contributed by atoms with van der Waals surface area (Å²) in [7, 11) is 0. The molecule has 3 rings (SSSR count). The molecule has 1 saturated heterocycles. The lowest BCUT2D eigenvalue weighted by atomic mass is 9.91. The van der Waals surface area contributed by atoms with Crippen molar-refractivity contribution in [1.29, 1.82) is 0 Å². The summed E-state index contributed by atoms with van der Waals surface area (Å²) in [6.07, 6.45) is 3.48. The Bertz CT molecular complexity index is 489. The molecule has 1 amide bonds. The number of rotatable bonds is 2. The van der Waals surface area contributed by atoms with Crippen LogP contribution in [0, 0.1) is 5.92 Å². The second-order valence-electron chi connectivity index (χ2n) is 6.27. The maximum Gasteiger partial charge on any atom is 0.243 e. The van der Waals surface area contributed by atoms with Crippen LogP contribution in [-0.4, -0.2) is 36.0 Å². The van der Waals surface area contributed by atoms with Gasteiger partial charge in [0.05, 0.1) is 0 Å². The summed E-state index contributed by atoms with van der Waals surface area (Å²) in [5, 5.41) is 0. The van der Waals surface area contributed by atoms with Crippen molar-refractivity contribution in [3.8, 4) is 0 Å². The molecule has 0 spiro atoms. The molecule has 1 aromatic rings. The molecule has 1 fully saturated rings. The van der Waals surface area contributed by atoms with Crippen molar-refractivity contribution in [2.45, 2.75) is 31.2 Å². The topological polar surface area (TPSA) is 72.3 Å². The first-order valence-corrected chi connectivity index (χ1v) is 7.47. The highest BCUT2D eigenvalue weighted by Crippen LogP contribution is 2.30. The van der Waals surface area contributed by atoms with Crippen molar-refractivity contribution in [2.24, 2.45) is 17.4 Å². The molecule has 1 heterocycles. The number of piperidine rings is 1. The number of nitrogens with two attached hydrogens (primary N) is 2. The van der Waals surface area contributed by atoms with E-state index in [4.69, 9.17) is 11.5 Å². The summed E-state index contributed by atoms with van der Waals surface area (Å²) in [6, 6.07) is 8.19. The van der Waals surface area contributed by atoms with Crippen LogP contribution in [-0.2, 0) is 17.6 Å². The quantitative estimate of drug-likeness (QED) is 0.832. The van der Waals surface area contributed by atoms with E-state index in [0.717, 1.165) is 25.9 Å². The van der Waals surface area contributed by atoms with E-state index in [9.17, 15) is 4.79 Å². The maximum absolute atomic E-state index is 12.8. The van der Waals surface area contributed by atoms with Crippen LogP contribution in [0.25, 0.3) is 0 Å². The molecule has 0 aromatic heterocycles. The molecule has 0 saturated carbocycles. The van der Waals surface area contributed by atoms with Gasteiger partial charge >= 0.3 is 0 Å². The number of carbonyl (C=O) groups is 1. The van der Waals surface area contributed by atoms with Gasteiger partial charge in [-0.25, -0.2) is 0 Å². The Morgan fingerprint density at radius 3 is 2.55 bits per heavy atom. The standard InChI is InChI=1S/C16H23N3O/c17-10-12-4-3-7-19(11-12)15(20)16(18)8-13-5-1-2-6-14(13)9-16/h1-2,5-6,12H,3-4,7-11,17-18H2/t12-/m0/s1. The van der Waals surface area contributed by atoms with Crippen LogP contribution in [0.2, 0.25) is 0 Å². The molecule has 1 aromatic carbocycles. The molecule has 0 radical (unpaired) electrons. The Balaban J connectivity index is 1.75. The molecular weight excluding hydrogens is 250 g/mol. The lowest BCUT2D eigenvalue weighted by Gasteiger charge is -2.37. The summed E-state index contributed by atoms with van der Waals surface area (Å²) in [4.78, 5) is 14.7. The first kappa shape index (κ1) is 13.6. The number of likely N-dealkylation sites (tertiary alicyclic amines) is 1. The van der Waals surface area contributed by atoms with Crippen molar-refractivity contribution in [3.63, 3.8) is 0 Å². The van der Waals surface area contributed by atoms with Gasteiger partial charge in [0.2, 0.25) is 5.91 Å². The van der Waals surface area contributed by atoms with Crippen molar-refractivity contribution < 1.29 is 4.79 Å². The molecule has 1 aliphatic heterocycles. The first-order chi connectivity index (χ1) is 9.62. The van der Waals surface area contributed by atoms with E-state index in [1.54, 1.807) is 0 Å². The predicted molar refractivity (Wildman–Crippen MR) is 79.1 cm³/mol. The molecule has 20 heavy (non-hydrogen) atoms. The van der Waals surface area contributed by atoms with Gasteiger partial charge in [0.15, 0.2) is 0 Å². The van der Waals surface area contributed by atoms with Crippen LogP contribution in [0.3, 0.4) is 0 Å². The molecule has 2 aliphatic rings. The van der Waals surface area contributed by atoms with Crippen molar-refractivity contribution >= 4 is 5.91 Å². The van der Waals surface area contributed by atoms with Crippen molar-refractivity contribution in [3.05, 3.63) is 35.4 Å². The Hall–Kier alpha value is -1.39. The van der Waals surface area contributed by atoms with Crippen LogP contribution in [0.1, 0.15) is 24.0 Å². The van der Waals surface area contributed by atoms with Crippen LogP contribution in [0.5, 0.6) is 0 Å². The summed E-state index contributed by atoms with van der Waals surface area (Å²) in [5.74, 6) is 0.534. The van der Waals surface area contributed by atoms with E-state index in [2.05, 4.69) is 12.1 Å². The SMILES string of the molecule is NC[C@@H]1CCCN(C(=O)C2(N)Cc3ccccc3C2)C1. The van der Waals surface area contributed by atoms with E-state index in [1.165, 1.54) is 11.1 Å². The van der Waals surface area contributed by atoms with Gasteiger partial charge in [0.1, 0.15) is 5.54 Å². The largest absolute Gasteiger partial charge is 0.341 e. The van der Waals surface area contributed by atoms with Gasteiger partial charge in [-0.3, -0.25) is 4.79 Å².